The molecular formula is C14H19ClN2O3. The van der Waals surface area contributed by atoms with Gasteiger partial charge in [0.1, 0.15) is 6.04 Å². The van der Waals surface area contributed by atoms with Crippen molar-refractivity contribution in [3.63, 3.8) is 0 Å². The van der Waals surface area contributed by atoms with E-state index >= 15 is 0 Å². The molecule has 0 saturated carbocycles. The Bertz CT molecular complexity index is 479. The lowest BCUT2D eigenvalue weighted by atomic mass is 10.1. The van der Waals surface area contributed by atoms with Crippen molar-refractivity contribution in [1.29, 1.82) is 0 Å². The van der Waals surface area contributed by atoms with E-state index in [2.05, 4.69) is 15.4 Å². The summed E-state index contributed by atoms with van der Waals surface area (Å²) in [6, 6.07) is 6.69. The SMILES string of the molecule is COC(=O)C(CN[C@H](C)c1ccccc1Cl)NC(C)=O. The van der Waals surface area contributed by atoms with Crippen LogP contribution in [0.25, 0.3) is 0 Å². The second-order valence-electron chi connectivity index (χ2n) is 4.43. The number of hydrogen-bond donors (Lipinski definition) is 2. The topological polar surface area (TPSA) is 67.4 Å². The molecule has 2 N–H and O–H groups in total. The lowest BCUT2D eigenvalue weighted by Gasteiger charge is -2.20. The van der Waals surface area contributed by atoms with Crippen LogP contribution < -0.4 is 10.6 Å². The molecule has 1 amide bonds. The highest BCUT2D eigenvalue weighted by molar-refractivity contribution is 6.31. The average Bonchev–Trinajstić information content (AvgIpc) is 2.42. The smallest absolute Gasteiger partial charge is 0.329 e. The van der Waals surface area contributed by atoms with Crippen molar-refractivity contribution in [3.8, 4) is 0 Å². The molecule has 6 heteroatoms. The summed E-state index contributed by atoms with van der Waals surface area (Å²) in [5.74, 6) is -0.772. The van der Waals surface area contributed by atoms with E-state index in [-0.39, 0.29) is 18.5 Å². The van der Waals surface area contributed by atoms with Crippen molar-refractivity contribution in [2.45, 2.75) is 25.9 Å². The van der Waals surface area contributed by atoms with E-state index in [9.17, 15) is 9.59 Å². The zero-order valence-corrected chi connectivity index (χ0v) is 12.5. The summed E-state index contributed by atoms with van der Waals surface area (Å²) in [7, 11) is 1.29. The molecule has 0 heterocycles. The monoisotopic (exact) mass is 298 g/mol. The Morgan fingerprint density at radius 2 is 2.00 bits per heavy atom. The molecule has 0 saturated heterocycles. The molecule has 20 heavy (non-hydrogen) atoms. The van der Waals surface area contributed by atoms with Crippen molar-refractivity contribution in [3.05, 3.63) is 34.9 Å². The van der Waals surface area contributed by atoms with E-state index in [1.807, 2.05) is 25.1 Å². The number of amides is 1. The van der Waals surface area contributed by atoms with Crippen molar-refractivity contribution in [1.82, 2.24) is 10.6 Å². The normalized spacial score (nSPS) is 13.4. The fourth-order valence-corrected chi connectivity index (χ4v) is 2.11. The molecule has 0 spiro atoms. The van der Waals surface area contributed by atoms with Gasteiger partial charge in [-0.25, -0.2) is 4.79 Å². The number of methoxy groups -OCH3 is 1. The van der Waals surface area contributed by atoms with Gasteiger partial charge in [-0.3, -0.25) is 4.79 Å². The van der Waals surface area contributed by atoms with Gasteiger partial charge in [0.15, 0.2) is 0 Å². The second-order valence-corrected chi connectivity index (χ2v) is 4.83. The molecule has 0 fully saturated rings. The van der Waals surface area contributed by atoms with Crippen molar-refractivity contribution in [2.24, 2.45) is 0 Å². The van der Waals surface area contributed by atoms with Gasteiger partial charge in [0, 0.05) is 24.5 Å². The quantitative estimate of drug-likeness (QED) is 0.784. The fourth-order valence-electron chi connectivity index (χ4n) is 1.81. The van der Waals surface area contributed by atoms with E-state index in [0.29, 0.717) is 5.02 Å². The van der Waals surface area contributed by atoms with E-state index in [0.717, 1.165) is 5.56 Å². The summed E-state index contributed by atoms with van der Waals surface area (Å²) in [5.41, 5.74) is 0.931. The minimum atomic E-state index is -0.720. The zero-order valence-electron chi connectivity index (χ0n) is 11.8. The maximum atomic E-state index is 11.6. The van der Waals surface area contributed by atoms with Crippen LogP contribution in [0.2, 0.25) is 5.02 Å². The van der Waals surface area contributed by atoms with Crippen LogP contribution in [0.5, 0.6) is 0 Å². The number of carbonyl (C=O) groups excluding carboxylic acids is 2. The van der Waals surface area contributed by atoms with Crippen LogP contribution in [0.15, 0.2) is 24.3 Å². The first-order valence-corrected chi connectivity index (χ1v) is 6.66. The first kappa shape index (κ1) is 16.5. The number of hydrogen-bond acceptors (Lipinski definition) is 4. The fraction of sp³-hybridized carbons (Fsp3) is 0.429. The Morgan fingerprint density at radius 1 is 1.35 bits per heavy atom. The van der Waals surface area contributed by atoms with Gasteiger partial charge in [-0.1, -0.05) is 29.8 Å². The lowest BCUT2D eigenvalue weighted by Crippen LogP contribution is -2.47. The minimum absolute atomic E-state index is 0.0513. The van der Waals surface area contributed by atoms with Gasteiger partial charge in [-0.2, -0.15) is 0 Å². The Morgan fingerprint density at radius 3 is 2.55 bits per heavy atom. The minimum Gasteiger partial charge on any atom is -0.467 e. The Hall–Kier alpha value is -1.59. The third-order valence-electron chi connectivity index (χ3n) is 2.86. The lowest BCUT2D eigenvalue weighted by molar-refractivity contribution is -0.144. The summed E-state index contributed by atoms with van der Waals surface area (Å²) in [6.45, 7) is 3.55. The van der Waals surface area contributed by atoms with E-state index < -0.39 is 12.0 Å². The summed E-state index contributed by atoms with van der Waals surface area (Å²) >= 11 is 6.11. The van der Waals surface area contributed by atoms with E-state index in [1.165, 1.54) is 14.0 Å². The van der Waals surface area contributed by atoms with Gasteiger partial charge in [0.25, 0.3) is 0 Å². The summed E-state index contributed by atoms with van der Waals surface area (Å²) < 4.78 is 4.66. The molecule has 0 aliphatic rings. The Labute approximate surface area is 123 Å². The zero-order chi connectivity index (χ0) is 15.1. The molecule has 2 atom stereocenters. The first-order valence-electron chi connectivity index (χ1n) is 6.28. The molecule has 1 rings (SSSR count). The van der Waals surface area contributed by atoms with Gasteiger partial charge in [0.2, 0.25) is 5.91 Å². The van der Waals surface area contributed by atoms with Gasteiger partial charge < -0.3 is 15.4 Å². The summed E-state index contributed by atoms with van der Waals surface area (Å²) in [5, 5.41) is 6.36. The van der Waals surface area contributed by atoms with Gasteiger partial charge in [-0.05, 0) is 18.6 Å². The van der Waals surface area contributed by atoms with Crippen LogP contribution in [0.1, 0.15) is 25.5 Å². The molecule has 0 aliphatic heterocycles. The van der Waals surface area contributed by atoms with Crippen LogP contribution in [0, 0.1) is 0 Å². The van der Waals surface area contributed by atoms with Crippen molar-refractivity contribution < 1.29 is 14.3 Å². The van der Waals surface area contributed by atoms with Crippen LogP contribution >= 0.6 is 11.6 Å². The maximum absolute atomic E-state index is 11.6. The van der Waals surface area contributed by atoms with Crippen LogP contribution in [0.4, 0.5) is 0 Å². The van der Waals surface area contributed by atoms with Crippen LogP contribution in [-0.2, 0) is 14.3 Å². The number of esters is 1. The molecule has 110 valence electrons. The van der Waals surface area contributed by atoms with Crippen molar-refractivity contribution in [2.75, 3.05) is 13.7 Å². The largest absolute Gasteiger partial charge is 0.467 e. The number of carbonyl (C=O) groups is 2. The molecule has 1 aromatic carbocycles. The molecule has 0 aromatic heterocycles. The third kappa shape index (κ3) is 4.83. The highest BCUT2D eigenvalue weighted by Gasteiger charge is 2.21. The standard InChI is InChI=1S/C14H19ClN2O3/c1-9(11-6-4-5-7-12(11)15)16-8-13(14(19)20-3)17-10(2)18/h4-7,9,13,16H,8H2,1-3H3,(H,17,18)/t9-,13?/m1/s1. The van der Waals surface area contributed by atoms with E-state index in [4.69, 9.17) is 11.6 Å². The molecule has 0 radical (unpaired) electrons. The van der Waals surface area contributed by atoms with Crippen LogP contribution in [0.3, 0.4) is 0 Å². The number of benzene rings is 1. The number of halogens is 1. The number of ether oxygens (including phenoxy) is 1. The maximum Gasteiger partial charge on any atom is 0.329 e. The van der Waals surface area contributed by atoms with Gasteiger partial charge in [-0.15, -0.1) is 0 Å². The second kappa shape index (κ2) is 7.87. The van der Waals surface area contributed by atoms with E-state index in [1.54, 1.807) is 6.07 Å². The van der Waals surface area contributed by atoms with Crippen LogP contribution in [-0.4, -0.2) is 31.6 Å². The summed E-state index contributed by atoms with van der Waals surface area (Å²) in [4.78, 5) is 22.6. The Kier molecular flexibility index (Phi) is 6.48. The summed E-state index contributed by atoms with van der Waals surface area (Å²) in [6.07, 6.45) is 0. The molecule has 0 bridgehead atoms. The first-order chi connectivity index (χ1) is 9.45. The Balaban J connectivity index is 2.65. The average molecular weight is 299 g/mol. The number of rotatable bonds is 6. The molecule has 0 aliphatic carbocycles. The predicted octanol–water partition coefficient (Wildman–Crippen LogP) is 1.67. The molecule has 1 aromatic rings. The van der Waals surface area contributed by atoms with Crippen molar-refractivity contribution >= 4 is 23.5 Å². The third-order valence-corrected chi connectivity index (χ3v) is 3.21. The number of nitrogens with one attached hydrogen (secondary N) is 2. The highest BCUT2D eigenvalue weighted by Crippen LogP contribution is 2.21. The molecule has 1 unspecified atom stereocenters. The predicted molar refractivity (Wildman–Crippen MR) is 77.5 cm³/mol. The highest BCUT2D eigenvalue weighted by atomic mass is 35.5. The van der Waals surface area contributed by atoms with Gasteiger partial charge >= 0.3 is 5.97 Å². The van der Waals surface area contributed by atoms with Gasteiger partial charge in [0.05, 0.1) is 7.11 Å². The molecular weight excluding hydrogens is 280 g/mol. The molecule has 5 nitrogen and oxygen atoms in total.